The molecule has 0 unspecified atom stereocenters. The molecule has 0 N–H and O–H groups in total. The third-order valence-corrected chi connectivity index (χ3v) is 0.957. The zero-order chi connectivity index (χ0) is 5.28. The standard InChI is InChI=1S/C5H7NO/c1-2-4-5(7)3-6-4/h3,7H,2H2,1H3/p-1. The first-order valence-corrected chi connectivity index (χ1v) is 2.29. The molecular formula is C5H6NO-. The van der Waals surface area contributed by atoms with Gasteiger partial charge in [-0.25, -0.2) is 0 Å². The molecule has 0 amide bonds. The third-order valence-electron chi connectivity index (χ3n) is 0.957. The van der Waals surface area contributed by atoms with Gasteiger partial charge in [0, 0.05) is 11.9 Å². The maximum absolute atomic E-state index is 10.3. The molecule has 0 fully saturated rings. The van der Waals surface area contributed by atoms with Crippen LogP contribution in [0.1, 0.15) is 13.3 Å². The molecule has 0 aromatic carbocycles. The van der Waals surface area contributed by atoms with E-state index in [1.165, 1.54) is 6.20 Å². The van der Waals surface area contributed by atoms with Crippen LogP contribution in [-0.4, -0.2) is 5.71 Å². The second-order valence-electron chi connectivity index (χ2n) is 1.42. The second kappa shape index (κ2) is 1.37. The van der Waals surface area contributed by atoms with Crippen molar-refractivity contribution in [2.45, 2.75) is 13.3 Å². The highest BCUT2D eigenvalue weighted by atomic mass is 16.3. The van der Waals surface area contributed by atoms with Crippen molar-refractivity contribution in [3.8, 4) is 0 Å². The summed E-state index contributed by atoms with van der Waals surface area (Å²) in [6.07, 6.45) is 2.12. The van der Waals surface area contributed by atoms with E-state index in [-0.39, 0.29) is 5.76 Å². The van der Waals surface area contributed by atoms with Crippen molar-refractivity contribution in [3.05, 3.63) is 12.0 Å². The van der Waals surface area contributed by atoms with Gasteiger partial charge in [-0.1, -0.05) is 12.7 Å². The molecule has 1 heterocycles. The van der Waals surface area contributed by atoms with Crippen LogP contribution < -0.4 is 5.11 Å². The number of allylic oxidation sites excluding steroid dienone is 1. The van der Waals surface area contributed by atoms with Crippen LogP contribution in [-0.2, 0) is 0 Å². The maximum atomic E-state index is 10.3. The topological polar surface area (TPSA) is 35.4 Å². The fraction of sp³-hybridized carbons (Fsp3) is 0.400. The number of hydrogen-bond donors (Lipinski definition) is 0. The highest BCUT2D eigenvalue weighted by Crippen LogP contribution is 2.04. The Morgan fingerprint density at radius 1 is 1.86 bits per heavy atom. The average Bonchev–Trinajstić information content (AvgIpc) is 1.65. The lowest BCUT2D eigenvalue weighted by Gasteiger charge is -2.18. The Kier molecular flexibility index (Phi) is 0.855. The molecular weight excluding hydrogens is 90.1 g/mol. The minimum Gasteiger partial charge on any atom is -0.870 e. The fourth-order valence-corrected chi connectivity index (χ4v) is 0.474. The molecule has 1 aliphatic rings. The van der Waals surface area contributed by atoms with Gasteiger partial charge in [-0.2, -0.15) is 0 Å². The van der Waals surface area contributed by atoms with Crippen LogP contribution in [0.5, 0.6) is 0 Å². The monoisotopic (exact) mass is 96.0 g/mol. The highest BCUT2D eigenvalue weighted by Gasteiger charge is 1.97. The van der Waals surface area contributed by atoms with Crippen molar-refractivity contribution in [2.24, 2.45) is 4.99 Å². The molecule has 0 spiro atoms. The normalized spacial score (nSPS) is 17.3. The molecule has 0 saturated heterocycles. The van der Waals surface area contributed by atoms with E-state index >= 15 is 0 Å². The quantitative estimate of drug-likeness (QED) is 0.454. The maximum Gasteiger partial charge on any atom is 0.0337 e. The first-order valence-electron chi connectivity index (χ1n) is 2.29. The van der Waals surface area contributed by atoms with Crippen molar-refractivity contribution in [3.63, 3.8) is 0 Å². The van der Waals surface area contributed by atoms with Crippen molar-refractivity contribution in [1.29, 1.82) is 0 Å². The highest BCUT2D eigenvalue weighted by molar-refractivity contribution is 6.01. The molecule has 7 heavy (non-hydrogen) atoms. The van der Waals surface area contributed by atoms with Crippen molar-refractivity contribution in [2.75, 3.05) is 0 Å². The van der Waals surface area contributed by atoms with E-state index in [2.05, 4.69) is 4.99 Å². The zero-order valence-electron chi connectivity index (χ0n) is 4.14. The van der Waals surface area contributed by atoms with Gasteiger partial charge in [0.1, 0.15) is 0 Å². The van der Waals surface area contributed by atoms with Gasteiger partial charge in [-0.15, -0.1) is 0 Å². The zero-order valence-corrected chi connectivity index (χ0v) is 4.14. The minimum absolute atomic E-state index is 0.0995. The summed E-state index contributed by atoms with van der Waals surface area (Å²) in [5.74, 6) is 0.0995. The lowest BCUT2D eigenvalue weighted by molar-refractivity contribution is -0.292. The van der Waals surface area contributed by atoms with Gasteiger partial charge in [0.05, 0.1) is 0 Å². The molecule has 0 radical (unpaired) electrons. The summed E-state index contributed by atoms with van der Waals surface area (Å²) >= 11 is 0. The van der Waals surface area contributed by atoms with E-state index in [0.29, 0.717) is 5.71 Å². The SMILES string of the molecule is CCC1=NC=C1[O-]. The van der Waals surface area contributed by atoms with Crippen LogP contribution in [0.15, 0.2) is 17.0 Å². The number of rotatable bonds is 1. The van der Waals surface area contributed by atoms with Gasteiger partial charge in [0.15, 0.2) is 0 Å². The van der Waals surface area contributed by atoms with E-state index in [4.69, 9.17) is 0 Å². The molecule has 0 aromatic rings. The summed E-state index contributed by atoms with van der Waals surface area (Å²) in [4.78, 5) is 3.71. The Bertz CT molecular complexity index is 135. The van der Waals surface area contributed by atoms with Gasteiger partial charge in [-0.3, -0.25) is 4.99 Å². The van der Waals surface area contributed by atoms with Crippen LogP contribution in [0.25, 0.3) is 0 Å². The summed E-state index contributed by atoms with van der Waals surface area (Å²) in [6.45, 7) is 1.92. The van der Waals surface area contributed by atoms with Gasteiger partial charge in [-0.05, 0) is 6.42 Å². The minimum atomic E-state index is 0.0995. The molecule has 0 aliphatic carbocycles. The molecule has 2 heteroatoms. The smallest absolute Gasteiger partial charge is 0.0337 e. The Labute approximate surface area is 42.2 Å². The lowest BCUT2D eigenvalue weighted by atomic mass is 10.2. The van der Waals surface area contributed by atoms with Gasteiger partial charge in [0.2, 0.25) is 0 Å². The molecule has 38 valence electrons. The van der Waals surface area contributed by atoms with E-state index < -0.39 is 0 Å². The molecule has 0 saturated carbocycles. The molecule has 0 aromatic heterocycles. The number of nitrogens with zero attached hydrogens (tertiary/aromatic N) is 1. The molecule has 2 nitrogen and oxygen atoms in total. The molecule has 0 atom stereocenters. The summed E-state index contributed by atoms with van der Waals surface area (Å²) in [7, 11) is 0. The summed E-state index contributed by atoms with van der Waals surface area (Å²) in [5, 5.41) is 10.3. The average molecular weight is 96.1 g/mol. The van der Waals surface area contributed by atoms with Gasteiger partial charge >= 0.3 is 0 Å². The van der Waals surface area contributed by atoms with Gasteiger partial charge < -0.3 is 5.11 Å². The van der Waals surface area contributed by atoms with Crippen molar-refractivity contribution in [1.82, 2.24) is 0 Å². The van der Waals surface area contributed by atoms with Crippen molar-refractivity contribution < 1.29 is 5.11 Å². The van der Waals surface area contributed by atoms with Crippen LogP contribution >= 0.6 is 0 Å². The Hall–Kier alpha value is -0.790. The van der Waals surface area contributed by atoms with E-state index in [9.17, 15) is 5.11 Å². The Morgan fingerprint density at radius 3 is 2.57 bits per heavy atom. The predicted molar refractivity (Wildman–Crippen MR) is 25.8 cm³/mol. The van der Waals surface area contributed by atoms with E-state index in [1.807, 2.05) is 6.92 Å². The van der Waals surface area contributed by atoms with Crippen LogP contribution in [0, 0.1) is 0 Å². The Morgan fingerprint density at radius 2 is 2.57 bits per heavy atom. The predicted octanol–water partition coefficient (Wildman–Crippen LogP) is 0.0527. The first kappa shape index (κ1) is 4.37. The third kappa shape index (κ3) is 0.515. The molecule has 1 rings (SSSR count). The number of hydrogen-bond acceptors (Lipinski definition) is 2. The van der Waals surface area contributed by atoms with Gasteiger partial charge in [0.25, 0.3) is 0 Å². The molecule has 0 bridgehead atoms. The van der Waals surface area contributed by atoms with Crippen LogP contribution in [0.4, 0.5) is 0 Å². The largest absolute Gasteiger partial charge is 0.870 e. The van der Waals surface area contributed by atoms with Crippen LogP contribution in [0.3, 0.4) is 0 Å². The Balaban J connectivity index is 2.47. The fourth-order valence-electron chi connectivity index (χ4n) is 0.474. The summed E-state index contributed by atoms with van der Waals surface area (Å²) in [5.41, 5.74) is 0.708. The second-order valence-corrected chi connectivity index (χ2v) is 1.42. The first-order chi connectivity index (χ1) is 3.34. The number of aliphatic imine (C=N–C) groups is 1. The van der Waals surface area contributed by atoms with E-state index in [0.717, 1.165) is 6.42 Å². The molecule has 1 aliphatic heterocycles. The van der Waals surface area contributed by atoms with Crippen LogP contribution in [0.2, 0.25) is 0 Å². The summed E-state index contributed by atoms with van der Waals surface area (Å²) in [6, 6.07) is 0. The lowest BCUT2D eigenvalue weighted by Crippen LogP contribution is -2.19. The van der Waals surface area contributed by atoms with E-state index in [1.54, 1.807) is 0 Å². The van der Waals surface area contributed by atoms with Crippen molar-refractivity contribution >= 4 is 5.71 Å². The summed E-state index contributed by atoms with van der Waals surface area (Å²) < 4.78 is 0.